The highest BCUT2D eigenvalue weighted by Gasteiger charge is 2.25. The van der Waals surface area contributed by atoms with E-state index in [-0.39, 0.29) is 5.57 Å². The predicted octanol–water partition coefficient (Wildman–Crippen LogP) is 5.55. The molecule has 2 aromatic rings. The molecule has 0 radical (unpaired) electrons. The van der Waals surface area contributed by atoms with Gasteiger partial charge in [-0.15, -0.1) is 0 Å². The third-order valence-corrected chi connectivity index (χ3v) is 4.93. The van der Waals surface area contributed by atoms with E-state index < -0.39 is 0 Å². The van der Waals surface area contributed by atoms with Crippen LogP contribution in [0.5, 0.6) is 11.5 Å². The van der Waals surface area contributed by atoms with Crippen LogP contribution in [0.4, 0.5) is 0 Å². The first-order valence-corrected chi connectivity index (χ1v) is 8.74. The highest BCUT2D eigenvalue weighted by Crippen LogP contribution is 2.52. The summed E-state index contributed by atoms with van der Waals surface area (Å²) >= 11 is 0. The minimum absolute atomic E-state index is 0.0366. The Morgan fingerprint density at radius 1 is 0.750 bits per heavy atom. The molecule has 4 heteroatoms. The largest absolute Gasteiger partial charge is 0.495 e. The van der Waals surface area contributed by atoms with Crippen LogP contribution < -0.4 is 9.47 Å². The van der Waals surface area contributed by atoms with Gasteiger partial charge < -0.3 is 9.47 Å². The van der Waals surface area contributed by atoms with E-state index in [1.165, 1.54) is 0 Å². The summed E-state index contributed by atoms with van der Waals surface area (Å²) < 4.78 is 11.7. The van der Waals surface area contributed by atoms with Gasteiger partial charge >= 0.3 is 0 Å². The first kappa shape index (κ1) is 17.4. The molecule has 28 heavy (non-hydrogen) atoms. The Morgan fingerprint density at radius 3 is 1.86 bits per heavy atom. The lowest BCUT2D eigenvalue weighted by molar-refractivity contribution is 0.418. The lowest BCUT2D eigenvalue weighted by atomic mass is 10.0. The van der Waals surface area contributed by atoms with Crippen LogP contribution in [-0.2, 0) is 0 Å². The van der Waals surface area contributed by atoms with Crippen molar-refractivity contribution in [1.29, 1.82) is 10.5 Å². The highest BCUT2D eigenvalue weighted by molar-refractivity contribution is 6.22. The van der Waals surface area contributed by atoms with Gasteiger partial charge in [-0.25, -0.2) is 0 Å². The topological polar surface area (TPSA) is 66.0 Å². The van der Waals surface area contributed by atoms with Crippen LogP contribution >= 0.6 is 0 Å². The zero-order valence-electron chi connectivity index (χ0n) is 15.5. The maximum absolute atomic E-state index is 9.32. The van der Waals surface area contributed by atoms with Crippen LogP contribution in [0.15, 0.2) is 60.2 Å². The number of methoxy groups -OCH3 is 2. The number of benzene rings is 2. The lowest BCUT2D eigenvalue weighted by Crippen LogP contribution is -1.92. The van der Waals surface area contributed by atoms with Crippen LogP contribution in [0.3, 0.4) is 0 Å². The second kappa shape index (κ2) is 6.95. The number of hydrogen-bond acceptors (Lipinski definition) is 4. The van der Waals surface area contributed by atoms with Crippen molar-refractivity contribution in [2.24, 2.45) is 0 Å². The van der Waals surface area contributed by atoms with Gasteiger partial charge in [0.1, 0.15) is 29.2 Å². The minimum Gasteiger partial charge on any atom is -0.495 e. The Morgan fingerprint density at radius 2 is 1.29 bits per heavy atom. The number of fused-ring (bicyclic) bond motifs is 4. The van der Waals surface area contributed by atoms with E-state index >= 15 is 0 Å². The number of rotatable bonds is 3. The van der Waals surface area contributed by atoms with E-state index in [0.29, 0.717) is 5.75 Å². The maximum atomic E-state index is 9.32. The first-order valence-electron chi connectivity index (χ1n) is 8.74. The third kappa shape index (κ3) is 2.44. The number of nitriles is 2. The fourth-order valence-corrected chi connectivity index (χ4v) is 3.83. The van der Waals surface area contributed by atoms with Gasteiger partial charge in [0.15, 0.2) is 0 Å². The van der Waals surface area contributed by atoms with Gasteiger partial charge in [-0.3, -0.25) is 0 Å². The first-order chi connectivity index (χ1) is 13.7. The fourth-order valence-electron chi connectivity index (χ4n) is 3.83. The molecule has 0 aliphatic heterocycles. The van der Waals surface area contributed by atoms with Gasteiger partial charge in [-0.05, 0) is 22.8 Å². The SMILES string of the molecule is COc1c2ccccc2c(OC)c2c(C=C(C#N)C#N)c3cccccc-3c12. The van der Waals surface area contributed by atoms with Crippen molar-refractivity contribution in [2.45, 2.75) is 0 Å². The molecule has 4 nitrogen and oxygen atoms in total. The molecule has 0 unspecified atom stereocenters. The number of ether oxygens (including phenoxy) is 2. The molecular formula is C24H16N2O2. The van der Waals surface area contributed by atoms with Crippen molar-refractivity contribution >= 4 is 27.6 Å². The molecule has 2 aromatic carbocycles. The van der Waals surface area contributed by atoms with E-state index in [4.69, 9.17) is 9.47 Å². The Kier molecular flexibility index (Phi) is 4.32. The van der Waals surface area contributed by atoms with Gasteiger partial charge in [0.25, 0.3) is 0 Å². The predicted molar refractivity (Wildman–Crippen MR) is 110 cm³/mol. The zero-order chi connectivity index (χ0) is 19.7. The molecule has 2 aliphatic rings. The molecule has 0 saturated carbocycles. The summed E-state index contributed by atoms with van der Waals surface area (Å²) in [6.45, 7) is 0. The molecule has 4 rings (SSSR count). The lowest BCUT2D eigenvalue weighted by Gasteiger charge is -2.13. The van der Waals surface area contributed by atoms with Gasteiger partial charge in [0.2, 0.25) is 0 Å². The van der Waals surface area contributed by atoms with Crippen LogP contribution in [0.25, 0.3) is 38.7 Å². The summed E-state index contributed by atoms with van der Waals surface area (Å²) in [4.78, 5) is 0. The second-order valence-electron chi connectivity index (χ2n) is 6.30. The summed E-state index contributed by atoms with van der Waals surface area (Å²) in [6.07, 6.45) is 1.63. The Balaban J connectivity index is 2.36. The third-order valence-electron chi connectivity index (χ3n) is 4.93. The average Bonchev–Trinajstić information content (AvgIpc) is 2.88. The van der Waals surface area contributed by atoms with Crippen LogP contribution in [0, 0.1) is 22.7 Å². The summed E-state index contributed by atoms with van der Waals surface area (Å²) in [5.74, 6) is 1.45. The molecule has 0 aromatic heterocycles. The van der Waals surface area contributed by atoms with E-state index in [1.54, 1.807) is 20.3 Å². The molecule has 0 heterocycles. The van der Waals surface area contributed by atoms with Crippen LogP contribution in [0.1, 0.15) is 5.56 Å². The average molecular weight is 364 g/mol. The number of allylic oxidation sites excluding steroid dienone is 1. The van der Waals surface area contributed by atoms with E-state index in [0.717, 1.165) is 44.0 Å². The summed E-state index contributed by atoms with van der Waals surface area (Å²) in [5.41, 5.74) is 2.71. The molecule has 0 saturated heterocycles. The summed E-state index contributed by atoms with van der Waals surface area (Å²) in [5, 5.41) is 22.2. The van der Waals surface area contributed by atoms with E-state index in [1.807, 2.05) is 66.7 Å². The molecule has 0 fully saturated rings. The number of nitrogens with zero attached hydrogens (tertiary/aromatic N) is 2. The Hall–Kier alpha value is -4.02. The molecule has 0 amide bonds. The van der Waals surface area contributed by atoms with Gasteiger partial charge in [0.05, 0.1) is 14.2 Å². The molecule has 2 aliphatic carbocycles. The second-order valence-corrected chi connectivity index (χ2v) is 6.30. The van der Waals surface area contributed by atoms with Gasteiger partial charge in [-0.1, -0.05) is 54.6 Å². The molecule has 0 N–H and O–H groups in total. The van der Waals surface area contributed by atoms with Crippen molar-refractivity contribution in [3.8, 4) is 34.8 Å². The van der Waals surface area contributed by atoms with Crippen molar-refractivity contribution in [3.63, 3.8) is 0 Å². The van der Waals surface area contributed by atoms with Crippen molar-refractivity contribution in [2.75, 3.05) is 14.2 Å². The summed E-state index contributed by atoms with van der Waals surface area (Å²) in [6, 6.07) is 21.7. The van der Waals surface area contributed by atoms with Crippen LogP contribution in [-0.4, -0.2) is 14.2 Å². The highest BCUT2D eigenvalue weighted by atomic mass is 16.5. The van der Waals surface area contributed by atoms with Gasteiger partial charge in [0, 0.05) is 21.5 Å². The molecular weight excluding hydrogens is 348 g/mol. The standard InChI is InChI=1S/C24H16N2O2/c1-27-23-18-10-6-7-11-19(18)24(28-2)22-20(12-15(13-25)14-26)16-8-4-3-5-9-17(16)21(22)23/h3-12H,1-2H3. The maximum Gasteiger partial charge on any atom is 0.135 e. The normalized spacial score (nSPS) is 10.4. The quantitative estimate of drug-likeness (QED) is 0.447. The van der Waals surface area contributed by atoms with Crippen LogP contribution in [0.2, 0.25) is 0 Å². The minimum atomic E-state index is 0.0366. The number of hydrogen-bond donors (Lipinski definition) is 0. The fraction of sp³-hybridized carbons (Fsp3) is 0.0833. The molecule has 0 atom stereocenters. The van der Waals surface area contributed by atoms with Gasteiger partial charge in [-0.2, -0.15) is 10.5 Å². The monoisotopic (exact) mass is 364 g/mol. The zero-order valence-corrected chi connectivity index (χ0v) is 15.5. The molecule has 0 spiro atoms. The molecule has 134 valence electrons. The van der Waals surface area contributed by atoms with Crippen molar-refractivity contribution in [3.05, 3.63) is 65.7 Å². The smallest absolute Gasteiger partial charge is 0.135 e. The Labute approximate surface area is 162 Å². The van der Waals surface area contributed by atoms with E-state index in [9.17, 15) is 10.5 Å². The molecule has 0 bridgehead atoms. The van der Waals surface area contributed by atoms with E-state index in [2.05, 4.69) is 0 Å². The van der Waals surface area contributed by atoms with Crippen molar-refractivity contribution < 1.29 is 9.47 Å². The Bertz CT molecular complexity index is 1290. The summed E-state index contributed by atoms with van der Waals surface area (Å²) in [7, 11) is 3.29. The van der Waals surface area contributed by atoms with Crippen molar-refractivity contribution in [1.82, 2.24) is 0 Å².